The summed E-state index contributed by atoms with van der Waals surface area (Å²) in [6, 6.07) is 6.39. The lowest BCUT2D eigenvalue weighted by atomic mass is 10.0. The summed E-state index contributed by atoms with van der Waals surface area (Å²) in [5, 5.41) is 1.28. The second-order valence-corrected chi connectivity index (χ2v) is 6.35. The SMILES string of the molecule is Cc1nc2c(c(=O)[nH]1)CCN(Cc1c[nH]c3c(C)cccc13)C2. The van der Waals surface area contributed by atoms with Crippen LogP contribution in [0.5, 0.6) is 0 Å². The van der Waals surface area contributed by atoms with Crippen LogP contribution < -0.4 is 5.56 Å². The number of aryl methyl sites for hydroxylation is 2. The van der Waals surface area contributed by atoms with Crippen LogP contribution in [0.4, 0.5) is 0 Å². The Morgan fingerprint density at radius 3 is 3.04 bits per heavy atom. The van der Waals surface area contributed by atoms with Gasteiger partial charge in [0.05, 0.1) is 5.69 Å². The average molecular weight is 308 g/mol. The maximum atomic E-state index is 12.0. The van der Waals surface area contributed by atoms with Crippen molar-refractivity contribution in [1.29, 1.82) is 0 Å². The van der Waals surface area contributed by atoms with E-state index in [1.807, 2.05) is 6.92 Å². The molecule has 0 aliphatic carbocycles. The van der Waals surface area contributed by atoms with Crippen molar-refractivity contribution in [2.45, 2.75) is 33.4 Å². The molecule has 0 amide bonds. The van der Waals surface area contributed by atoms with Crippen molar-refractivity contribution < 1.29 is 0 Å². The smallest absolute Gasteiger partial charge is 0.254 e. The first-order valence-corrected chi connectivity index (χ1v) is 7.98. The second kappa shape index (κ2) is 5.35. The first kappa shape index (κ1) is 14.2. The first-order chi connectivity index (χ1) is 11.1. The van der Waals surface area contributed by atoms with Crippen molar-refractivity contribution in [2.75, 3.05) is 6.54 Å². The monoisotopic (exact) mass is 308 g/mol. The van der Waals surface area contributed by atoms with E-state index in [0.29, 0.717) is 5.82 Å². The van der Waals surface area contributed by atoms with Gasteiger partial charge in [0, 0.05) is 42.3 Å². The summed E-state index contributed by atoms with van der Waals surface area (Å²) >= 11 is 0. The molecule has 2 aromatic heterocycles. The van der Waals surface area contributed by atoms with E-state index in [4.69, 9.17) is 0 Å². The number of H-pyrrole nitrogens is 2. The molecule has 3 aromatic rings. The standard InChI is InChI=1S/C18H20N4O/c1-11-4-3-5-14-13(8-19-17(11)14)9-22-7-6-15-16(10-22)20-12(2)21-18(15)23/h3-5,8,19H,6-7,9-10H2,1-2H3,(H,20,21,23). The van der Waals surface area contributed by atoms with Crippen LogP contribution in [0.1, 0.15) is 28.2 Å². The topological polar surface area (TPSA) is 64.8 Å². The quantitative estimate of drug-likeness (QED) is 0.764. The zero-order valence-electron chi connectivity index (χ0n) is 13.4. The normalized spacial score (nSPS) is 15.0. The largest absolute Gasteiger partial charge is 0.361 e. The van der Waals surface area contributed by atoms with Gasteiger partial charge in [-0.2, -0.15) is 0 Å². The molecule has 0 spiro atoms. The lowest BCUT2D eigenvalue weighted by Gasteiger charge is -2.27. The highest BCUT2D eigenvalue weighted by Gasteiger charge is 2.21. The van der Waals surface area contributed by atoms with Crippen LogP contribution in [0.25, 0.3) is 10.9 Å². The van der Waals surface area contributed by atoms with Crippen molar-refractivity contribution in [1.82, 2.24) is 19.9 Å². The van der Waals surface area contributed by atoms with Gasteiger partial charge in [-0.15, -0.1) is 0 Å². The first-order valence-electron chi connectivity index (χ1n) is 7.98. The maximum Gasteiger partial charge on any atom is 0.254 e. The molecule has 3 heterocycles. The van der Waals surface area contributed by atoms with Crippen molar-refractivity contribution in [3.63, 3.8) is 0 Å². The van der Waals surface area contributed by atoms with Crippen LogP contribution in [-0.2, 0) is 19.5 Å². The van der Waals surface area contributed by atoms with Crippen molar-refractivity contribution in [2.24, 2.45) is 0 Å². The Hall–Kier alpha value is -2.40. The number of aromatic nitrogens is 3. The molecule has 0 unspecified atom stereocenters. The molecule has 1 aliphatic heterocycles. The molecule has 23 heavy (non-hydrogen) atoms. The molecule has 1 aromatic carbocycles. The van der Waals surface area contributed by atoms with Gasteiger partial charge in [-0.1, -0.05) is 18.2 Å². The van der Waals surface area contributed by atoms with Gasteiger partial charge in [0.15, 0.2) is 0 Å². The third kappa shape index (κ3) is 2.47. The van der Waals surface area contributed by atoms with Gasteiger partial charge in [0.2, 0.25) is 0 Å². The number of hydrogen-bond acceptors (Lipinski definition) is 3. The van der Waals surface area contributed by atoms with Crippen LogP contribution in [0.2, 0.25) is 0 Å². The highest BCUT2D eigenvalue weighted by molar-refractivity contribution is 5.85. The summed E-state index contributed by atoms with van der Waals surface area (Å²) in [5.74, 6) is 0.693. The molecule has 0 saturated carbocycles. The fourth-order valence-corrected chi connectivity index (χ4v) is 3.49. The van der Waals surface area contributed by atoms with E-state index in [1.165, 1.54) is 22.0 Å². The predicted molar refractivity (Wildman–Crippen MR) is 90.4 cm³/mol. The number of fused-ring (bicyclic) bond motifs is 2. The van der Waals surface area contributed by atoms with Crippen LogP contribution in [0.15, 0.2) is 29.2 Å². The van der Waals surface area contributed by atoms with Gasteiger partial charge >= 0.3 is 0 Å². The average Bonchev–Trinajstić information content (AvgIpc) is 2.91. The van der Waals surface area contributed by atoms with Crippen LogP contribution in [-0.4, -0.2) is 26.4 Å². The summed E-state index contributed by atoms with van der Waals surface area (Å²) in [4.78, 5) is 25.1. The van der Waals surface area contributed by atoms with E-state index >= 15 is 0 Å². The van der Waals surface area contributed by atoms with Crippen molar-refractivity contribution in [3.8, 4) is 0 Å². The lowest BCUT2D eigenvalue weighted by Crippen LogP contribution is -2.35. The predicted octanol–water partition coefficient (Wildman–Crippen LogP) is 2.43. The highest BCUT2D eigenvalue weighted by Crippen LogP contribution is 2.24. The highest BCUT2D eigenvalue weighted by atomic mass is 16.1. The minimum absolute atomic E-state index is 0.0230. The fraction of sp³-hybridized carbons (Fsp3) is 0.333. The van der Waals surface area contributed by atoms with E-state index in [9.17, 15) is 4.79 Å². The third-order valence-corrected chi connectivity index (χ3v) is 4.67. The van der Waals surface area contributed by atoms with Gasteiger partial charge in [-0.3, -0.25) is 9.69 Å². The van der Waals surface area contributed by atoms with Crippen molar-refractivity contribution in [3.05, 3.63) is 63.0 Å². The number of benzene rings is 1. The van der Waals surface area contributed by atoms with Crippen LogP contribution in [0.3, 0.4) is 0 Å². The van der Waals surface area contributed by atoms with Gasteiger partial charge in [0.1, 0.15) is 5.82 Å². The molecule has 0 bridgehead atoms. The molecule has 118 valence electrons. The minimum Gasteiger partial charge on any atom is -0.361 e. The summed E-state index contributed by atoms with van der Waals surface area (Å²) in [6.07, 6.45) is 2.86. The Balaban J connectivity index is 1.63. The van der Waals surface area contributed by atoms with Gasteiger partial charge in [-0.05, 0) is 31.4 Å². The Kier molecular flexibility index (Phi) is 3.31. The molecular weight excluding hydrogens is 288 g/mol. The Morgan fingerprint density at radius 2 is 2.17 bits per heavy atom. The number of nitrogens with one attached hydrogen (secondary N) is 2. The van der Waals surface area contributed by atoms with E-state index in [-0.39, 0.29) is 5.56 Å². The van der Waals surface area contributed by atoms with E-state index < -0.39 is 0 Å². The number of nitrogens with zero attached hydrogens (tertiary/aromatic N) is 2. The van der Waals surface area contributed by atoms with Gasteiger partial charge in [0.25, 0.3) is 5.56 Å². The fourth-order valence-electron chi connectivity index (χ4n) is 3.49. The zero-order chi connectivity index (χ0) is 16.0. The second-order valence-electron chi connectivity index (χ2n) is 6.35. The Morgan fingerprint density at radius 1 is 1.30 bits per heavy atom. The molecule has 0 saturated heterocycles. The van der Waals surface area contributed by atoms with E-state index in [2.05, 4.69) is 51.2 Å². The summed E-state index contributed by atoms with van der Waals surface area (Å²) in [6.45, 7) is 6.45. The van der Waals surface area contributed by atoms with Crippen molar-refractivity contribution >= 4 is 10.9 Å². The Bertz CT molecular complexity index is 938. The molecule has 0 radical (unpaired) electrons. The molecule has 0 fully saturated rings. The summed E-state index contributed by atoms with van der Waals surface area (Å²) in [5.41, 5.74) is 5.57. The maximum absolute atomic E-state index is 12.0. The van der Waals surface area contributed by atoms with E-state index in [0.717, 1.165) is 37.3 Å². The van der Waals surface area contributed by atoms with Gasteiger partial charge < -0.3 is 9.97 Å². The van der Waals surface area contributed by atoms with E-state index in [1.54, 1.807) is 0 Å². The lowest BCUT2D eigenvalue weighted by molar-refractivity contribution is 0.241. The molecule has 4 rings (SSSR count). The molecule has 0 atom stereocenters. The zero-order valence-corrected chi connectivity index (χ0v) is 13.4. The Labute approximate surface area is 134 Å². The van der Waals surface area contributed by atoms with Gasteiger partial charge in [-0.25, -0.2) is 4.98 Å². The number of hydrogen-bond donors (Lipinski definition) is 2. The summed E-state index contributed by atoms with van der Waals surface area (Å²) < 4.78 is 0. The molecule has 5 heteroatoms. The molecule has 5 nitrogen and oxygen atoms in total. The number of rotatable bonds is 2. The van der Waals surface area contributed by atoms with Crippen LogP contribution in [0, 0.1) is 13.8 Å². The molecular formula is C18H20N4O. The molecule has 2 N–H and O–H groups in total. The third-order valence-electron chi connectivity index (χ3n) is 4.67. The summed E-state index contributed by atoms with van der Waals surface area (Å²) in [7, 11) is 0. The molecule has 1 aliphatic rings. The minimum atomic E-state index is 0.0230. The van der Waals surface area contributed by atoms with Crippen LogP contribution >= 0.6 is 0 Å². The number of para-hydroxylation sites is 1. The number of aromatic amines is 2.